The Bertz CT molecular complexity index is 397. The lowest BCUT2D eigenvalue weighted by atomic mass is 9.92. The van der Waals surface area contributed by atoms with Gasteiger partial charge in [-0.2, -0.15) is 11.8 Å². The minimum atomic E-state index is -0.458. The quantitative estimate of drug-likeness (QED) is 0.899. The van der Waals surface area contributed by atoms with Crippen molar-refractivity contribution in [2.45, 2.75) is 50.6 Å². The molecule has 0 saturated carbocycles. The first kappa shape index (κ1) is 13.8. The predicted molar refractivity (Wildman–Crippen MR) is 77.3 cm³/mol. The molecule has 3 heteroatoms. The Morgan fingerprint density at radius 1 is 1.33 bits per heavy atom. The molecule has 18 heavy (non-hydrogen) atoms. The van der Waals surface area contributed by atoms with Crippen LogP contribution in [0, 0.1) is 0 Å². The molecule has 1 fully saturated rings. The largest absolute Gasteiger partial charge is 0.491 e. The first-order chi connectivity index (χ1) is 8.53. The third kappa shape index (κ3) is 2.83. The molecule has 0 aromatic heterocycles. The molecule has 1 N–H and O–H groups in total. The summed E-state index contributed by atoms with van der Waals surface area (Å²) in [6, 6.07) is 7.85. The molecule has 2 atom stereocenters. The van der Waals surface area contributed by atoms with Crippen molar-refractivity contribution in [2.75, 3.05) is 5.75 Å². The van der Waals surface area contributed by atoms with Crippen molar-refractivity contribution in [3.63, 3.8) is 0 Å². The third-order valence-electron chi connectivity index (χ3n) is 3.40. The van der Waals surface area contributed by atoms with Crippen LogP contribution in [0.15, 0.2) is 24.3 Å². The summed E-state index contributed by atoms with van der Waals surface area (Å²) in [6.07, 6.45) is 1.92. The number of rotatable bonds is 4. The van der Waals surface area contributed by atoms with E-state index in [-0.39, 0.29) is 10.9 Å². The average Bonchev–Trinajstić information content (AvgIpc) is 2.76. The van der Waals surface area contributed by atoms with Crippen LogP contribution in [-0.4, -0.2) is 21.7 Å². The lowest BCUT2D eigenvalue weighted by Gasteiger charge is -2.30. The molecule has 1 aliphatic rings. The zero-order chi connectivity index (χ0) is 13.2. The van der Waals surface area contributed by atoms with E-state index in [0.717, 1.165) is 23.5 Å². The van der Waals surface area contributed by atoms with Crippen molar-refractivity contribution in [3.05, 3.63) is 29.8 Å². The highest BCUT2D eigenvalue weighted by atomic mass is 32.2. The van der Waals surface area contributed by atoms with E-state index in [9.17, 15) is 5.11 Å². The van der Waals surface area contributed by atoms with Gasteiger partial charge in [0, 0.05) is 10.3 Å². The maximum absolute atomic E-state index is 10.7. The first-order valence-electron chi connectivity index (χ1n) is 6.60. The van der Waals surface area contributed by atoms with E-state index >= 15 is 0 Å². The molecule has 0 radical (unpaired) electrons. The molecular weight excluding hydrogens is 244 g/mol. The van der Waals surface area contributed by atoms with Crippen LogP contribution in [0.5, 0.6) is 5.75 Å². The van der Waals surface area contributed by atoms with E-state index in [1.165, 1.54) is 6.42 Å². The Morgan fingerprint density at radius 2 is 2.06 bits per heavy atom. The minimum Gasteiger partial charge on any atom is -0.491 e. The van der Waals surface area contributed by atoms with Crippen molar-refractivity contribution in [1.82, 2.24) is 0 Å². The summed E-state index contributed by atoms with van der Waals surface area (Å²) in [7, 11) is 0. The van der Waals surface area contributed by atoms with Crippen LogP contribution < -0.4 is 4.74 Å². The number of thioether (sulfide) groups is 1. The Kier molecular flexibility index (Phi) is 4.23. The van der Waals surface area contributed by atoms with Gasteiger partial charge < -0.3 is 9.84 Å². The molecule has 0 spiro atoms. The summed E-state index contributed by atoms with van der Waals surface area (Å²) in [4.78, 5) is 0. The number of hydrogen-bond donors (Lipinski definition) is 1. The molecule has 0 bridgehead atoms. The van der Waals surface area contributed by atoms with E-state index in [1.54, 1.807) is 0 Å². The molecule has 0 aliphatic carbocycles. The molecular formula is C15H22O2S. The molecule has 1 aromatic rings. The maximum Gasteiger partial charge on any atom is 0.125 e. The molecule has 2 unspecified atom stereocenters. The van der Waals surface area contributed by atoms with Gasteiger partial charge in [-0.3, -0.25) is 0 Å². The van der Waals surface area contributed by atoms with Gasteiger partial charge in [-0.15, -0.1) is 0 Å². The van der Waals surface area contributed by atoms with Gasteiger partial charge in [0.25, 0.3) is 0 Å². The second-order valence-corrected chi connectivity index (χ2v) is 7.00. The van der Waals surface area contributed by atoms with Gasteiger partial charge >= 0.3 is 0 Å². The van der Waals surface area contributed by atoms with Gasteiger partial charge in [0.15, 0.2) is 0 Å². The number of para-hydroxylation sites is 1. The highest BCUT2D eigenvalue weighted by molar-refractivity contribution is 8.00. The number of hydrogen-bond acceptors (Lipinski definition) is 3. The lowest BCUT2D eigenvalue weighted by molar-refractivity contribution is 0.127. The molecule has 1 aliphatic heterocycles. The second kappa shape index (κ2) is 5.54. The monoisotopic (exact) mass is 266 g/mol. The van der Waals surface area contributed by atoms with Crippen molar-refractivity contribution < 1.29 is 9.84 Å². The van der Waals surface area contributed by atoms with E-state index in [2.05, 4.69) is 6.92 Å². The van der Waals surface area contributed by atoms with Crippen molar-refractivity contribution in [2.24, 2.45) is 0 Å². The van der Waals surface area contributed by atoms with E-state index in [4.69, 9.17) is 4.74 Å². The Labute approximate surface area is 114 Å². The van der Waals surface area contributed by atoms with Gasteiger partial charge in [0.1, 0.15) is 5.75 Å². The molecule has 1 aromatic carbocycles. The van der Waals surface area contributed by atoms with Gasteiger partial charge in [-0.25, -0.2) is 0 Å². The highest BCUT2D eigenvalue weighted by Gasteiger charge is 2.38. The fourth-order valence-corrected chi connectivity index (χ4v) is 3.74. The van der Waals surface area contributed by atoms with E-state index in [1.807, 2.05) is 49.9 Å². The number of aliphatic hydroxyl groups is 1. The fourth-order valence-electron chi connectivity index (χ4n) is 2.41. The summed E-state index contributed by atoms with van der Waals surface area (Å²) in [5.74, 6) is 1.95. The molecule has 1 saturated heterocycles. The standard InChI is InChI=1S/C15H22O2S/c1-11(2)17-13-8-5-4-7-12(13)14(16)15(3)9-6-10-18-15/h4-5,7-8,11,14,16H,6,9-10H2,1-3H3. The summed E-state index contributed by atoms with van der Waals surface area (Å²) < 4.78 is 5.73. The zero-order valence-corrected chi connectivity index (χ0v) is 12.2. The number of benzene rings is 1. The minimum absolute atomic E-state index is 0.0730. The van der Waals surface area contributed by atoms with Crippen molar-refractivity contribution in [3.8, 4) is 5.75 Å². The number of ether oxygens (including phenoxy) is 1. The Hall–Kier alpha value is -0.670. The van der Waals surface area contributed by atoms with Gasteiger partial charge in [-0.05, 0) is 45.4 Å². The molecule has 0 amide bonds. The highest BCUT2D eigenvalue weighted by Crippen LogP contribution is 2.48. The summed E-state index contributed by atoms with van der Waals surface area (Å²) >= 11 is 1.87. The maximum atomic E-state index is 10.7. The van der Waals surface area contributed by atoms with Crippen LogP contribution in [0.1, 0.15) is 45.3 Å². The normalized spacial score (nSPS) is 25.4. The van der Waals surface area contributed by atoms with E-state index in [0.29, 0.717) is 0 Å². The molecule has 2 nitrogen and oxygen atoms in total. The SMILES string of the molecule is CC(C)Oc1ccccc1C(O)C1(C)CCCS1. The zero-order valence-electron chi connectivity index (χ0n) is 11.3. The van der Waals surface area contributed by atoms with Gasteiger partial charge in [-0.1, -0.05) is 18.2 Å². The van der Waals surface area contributed by atoms with Crippen LogP contribution in [-0.2, 0) is 0 Å². The first-order valence-corrected chi connectivity index (χ1v) is 7.59. The summed E-state index contributed by atoms with van der Waals surface area (Å²) in [5, 5.41) is 10.7. The smallest absolute Gasteiger partial charge is 0.125 e. The lowest BCUT2D eigenvalue weighted by Crippen LogP contribution is -2.27. The second-order valence-electron chi connectivity index (χ2n) is 5.37. The van der Waals surface area contributed by atoms with Crippen LogP contribution >= 0.6 is 11.8 Å². The number of aliphatic hydroxyl groups excluding tert-OH is 1. The topological polar surface area (TPSA) is 29.5 Å². The van der Waals surface area contributed by atoms with Crippen molar-refractivity contribution in [1.29, 1.82) is 0 Å². The van der Waals surface area contributed by atoms with Gasteiger partial charge in [0.05, 0.1) is 12.2 Å². The Balaban J connectivity index is 2.26. The van der Waals surface area contributed by atoms with E-state index < -0.39 is 6.10 Å². The molecule has 2 rings (SSSR count). The Morgan fingerprint density at radius 3 is 2.67 bits per heavy atom. The third-order valence-corrected chi connectivity index (χ3v) is 4.98. The van der Waals surface area contributed by atoms with Crippen LogP contribution in [0.4, 0.5) is 0 Å². The van der Waals surface area contributed by atoms with Crippen LogP contribution in [0.25, 0.3) is 0 Å². The van der Waals surface area contributed by atoms with Crippen LogP contribution in [0.2, 0.25) is 0 Å². The van der Waals surface area contributed by atoms with Crippen molar-refractivity contribution >= 4 is 11.8 Å². The average molecular weight is 266 g/mol. The summed E-state index contributed by atoms with van der Waals surface area (Å²) in [5.41, 5.74) is 0.920. The molecule has 100 valence electrons. The summed E-state index contributed by atoms with van der Waals surface area (Å²) in [6.45, 7) is 6.17. The molecule has 1 heterocycles. The predicted octanol–water partition coefficient (Wildman–Crippen LogP) is 3.79. The van der Waals surface area contributed by atoms with Gasteiger partial charge in [0.2, 0.25) is 0 Å². The van der Waals surface area contributed by atoms with Crippen LogP contribution in [0.3, 0.4) is 0 Å². The fraction of sp³-hybridized carbons (Fsp3) is 0.600.